The molecule has 1 aliphatic carbocycles. The van der Waals surface area contributed by atoms with E-state index >= 15 is 4.39 Å². The molecule has 3 amide bonds. The molecule has 2 unspecified atom stereocenters. The molecular formula is C31H32FN5O4. The Morgan fingerprint density at radius 2 is 1.88 bits per heavy atom. The molecule has 9 nitrogen and oxygen atoms in total. The normalized spacial score (nSPS) is 22.9. The number of anilines is 3. The van der Waals surface area contributed by atoms with Crippen LogP contribution in [0.4, 0.5) is 26.2 Å². The quantitative estimate of drug-likeness (QED) is 0.560. The van der Waals surface area contributed by atoms with Gasteiger partial charge in [-0.3, -0.25) is 14.5 Å². The van der Waals surface area contributed by atoms with Gasteiger partial charge in [0.2, 0.25) is 11.8 Å². The maximum atomic E-state index is 15.2. The number of halogens is 1. The van der Waals surface area contributed by atoms with Crippen molar-refractivity contribution in [1.29, 1.82) is 0 Å². The molecule has 3 aliphatic heterocycles. The molecule has 2 aromatic rings. The van der Waals surface area contributed by atoms with E-state index < -0.39 is 18.0 Å². The van der Waals surface area contributed by atoms with Crippen molar-refractivity contribution in [1.82, 2.24) is 10.2 Å². The Kier molecular flexibility index (Phi) is 7.21. The maximum Gasteiger partial charge on any atom is 0.414 e. The van der Waals surface area contributed by atoms with Crippen molar-refractivity contribution in [3.05, 3.63) is 89.4 Å². The number of allylic oxidation sites excluding steroid dienone is 4. The van der Waals surface area contributed by atoms with Crippen molar-refractivity contribution in [3.8, 4) is 0 Å². The van der Waals surface area contributed by atoms with Gasteiger partial charge in [0, 0.05) is 44.5 Å². The number of nitrogens with one attached hydrogen (secondary N) is 2. The first-order chi connectivity index (χ1) is 19.9. The average Bonchev–Trinajstić information content (AvgIpc) is 3.51. The number of piperazine rings is 1. The molecule has 6 rings (SSSR count). The van der Waals surface area contributed by atoms with Crippen molar-refractivity contribution < 1.29 is 23.5 Å². The van der Waals surface area contributed by atoms with E-state index in [9.17, 15) is 14.4 Å². The molecule has 2 atom stereocenters. The molecule has 2 N–H and O–H groups in total. The Bertz CT molecular complexity index is 1480. The molecule has 2 fully saturated rings. The van der Waals surface area contributed by atoms with Crippen LogP contribution in [0.5, 0.6) is 0 Å². The molecule has 2 saturated heterocycles. The van der Waals surface area contributed by atoms with E-state index in [4.69, 9.17) is 4.74 Å². The Morgan fingerprint density at radius 3 is 2.61 bits per heavy atom. The van der Waals surface area contributed by atoms with Crippen molar-refractivity contribution >= 4 is 35.0 Å². The molecule has 0 bridgehead atoms. The van der Waals surface area contributed by atoms with Gasteiger partial charge in [-0.2, -0.15) is 0 Å². The summed E-state index contributed by atoms with van der Waals surface area (Å²) in [5.74, 6) is -0.858. The highest BCUT2D eigenvalue weighted by atomic mass is 19.1. The van der Waals surface area contributed by atoms with Gasteiger partial charge < -0.3 is 25.2 Å². The minimum absolute atomic E-state index is 0.00443. The third-order valence-electron chi connectivity index (χ3n) is 7.91. The summed E-state index contributed by atoms with van der Waals surface area (Å²) in [7, 11) is 0. The second-order valence-corrected chi connectivity index (χ2v) is 10.6. The Morgan fingerprint density at radius 1 is 1.10 bits per heavy atom. The molecule has 41 heavy (non-hydrogen) atoms. The number of rotatable bonds is 6. The van der Waals surface area contributed by atoms with Gasteiger partial charge in [0.05, 0.1) is 30.4 Å². The lowest BCUT2D eigenvalue weighted by Crippen LogP contribution is -2.46. The largest absolute Gasteiger partial charge is 0.442 e. The van der Waals surface area contributed by atoms with Crippen LogP contribution in [0.15, 0.2) is 78.0 Å². The fourth-order valence-electron chi connectivity index (χ4n) is 5.74. The maximum absolute atomic E-state index is 15.2. The number of carbonyl (C=O) groups is 3. The minimum atomic E-state index is -0.552. The predicted molar refractivity (Wildman–Crippen MR) is 154 cm³/mol. The van der Waals surface area contributed by atoms with Gasteiger partial charge in [-0.1, -0.05) is 36.4 Å². The second-order valence-electron chi connectivity index (χ2n) is 10.6. The summed E-state index contributed by atoms with van der Waals surface area (Å²) in [6.07, 6.45) is 8.12. The molecule has 10 heteroatoms. The van der Waals surface area contributed by atoms with E-state index in [-0.39, 0.29) is 30.8 Å². The fraction of sp³-hybridized carbons (Fsp3) is 0.323. The van der Waals surface area contributed by atoms with Crippen LogP contribution >= 0.6 is 0 Å². The predicted octanol–water partition coefficient (Wildman–Crippen LogP) is 3.92. The lowest BCUT2D eigenvalue weighted by molar-refractivity contribution is -0.119. The molecule has 2 aromatic carbocycles. The molecule has 0 radical (unpaired) electrons. The number of fused-ring (bicyclic) bond motifs is 1. The number of benzene rings is 2. The van der Waals surface area contributed by atoms with E-state index in [1.165, 1.54) is 17.9 Å². The minimum Gasteiger partial charge on any atom is -0.442 e. The monoisotopic (exact) mass is 557 g/mol. The number of hydrogen-bond acceptors (Lipinski definition) is 6. The molecule has 0 aromatic heterocycles. The third kappa shape index (κ3) is 5.54. The third-order valence-corrected chi connectivity index (χ3v) is 7.91. The Hall–Kier alpha value is -4.60. The second kappa shape index (κ2) is 11.1. The van der Waals surface area contributed by atoms with E-state index in [0.29, 0.717) is 24.5 Å². The van der Waals surface area contributed by atoms with E-state index in [1.807, 2.05) is 35.2 Å². The summed E-state index contributed by atoms with van der Waals surface area (Å²) in [5.41, 5.74) is 5.07. The average molecular weight is 558 g/mol. The Labute approximate surface area is 237 Å². The van der Waals surface area contributed by atoms with Crippen molar-refractivity contribution in [2.75, 3.05) is 54.4 Å². The zero-order chi connectivity index (χ0) is 28.5. The SMILES string of the molecule is CC(=O)NCC1CN(c2ccc(N3CCN(C4=CCC(=CC5C(=O)Nc6ccccc65)C=C4)CC3)c(F)c2)C(=O)O1. The van der Waals surface area contributed by atoms with Gasteiger partial charge in [-0.05, 0) is 47.9 Å². The number of para-hydroxylation sites is 1. The van der Waals surface area contributed by atoms with Gasteiger partial charge in [0.15, 0.2) is 0 Å². The van der Waals surface area contributed by atoms with Crippen LogP contribution in [0, 0.1) is 5.82 Å². The highest BCUT2D eigenvalue weighted by Gasteiger charge is 2.33. The van der Waals surface area contributed by atoms with Crippen LogP contribution in [0.25, 0.3) is 0 Å². The number of nitrogens with zero attached hydrogens (tertiary/aromatic N) is 3. The van der Waals surface area contributed by atoms with Crippen molar-refractivity contribution in [3.63, 3.8) is 0 Å². The van der Waals surface area contributed by atoms with Gasteiger partial charge >= 0.3 is 6.09 Å². The topological polar surface area (TPSA) is 94.2 Å². The molecule has 212 valence electrons. The van der Waals surface area contributed by atoms with Gasteiger partial charge in [0.25, 0.3) is 0 Å². The molecule has 0 spiro atoms. The van der Waals surface area contributed by atoms with Crippen molar-refractivity contribution in [2.24, 2.45) is 0 Å². The highest BCUT2D eigenvalue weighted by Crippen LogP contribution is 2.35. The summed E-state index contributed by atoms with van der Waals surface area (Å²) in [6.45, 7) is 4.69. The van der Waals surface area contributed by atoms with Gasteiger partial charge in [0.1, 0.15) is 11.9 Å². The fourth-order valence-corrected chi connectivity index (χ4v) is 5.74. The van der Waals surface area contributed by atoms with Crippen molar-refractivity contribution in [2.45, 2.75) is 25.4 Å². The highest BCUT2D eigenvalue weighted by molar-refractivity contribution is 6.04. The number of carbonyl (C=O) groups excluding carboxylic acids is 3. The van der Waals surface area contributed by atoms with Crippen LogP contribution < -0.4 is 20.4 Å². The summed E-state index contributed by atoms with van der Waals surface area (Å²) < 4.78 is 20.5. The van der Waals surface area contributed by atoms with Crippen LogP contribution in [0.1, 0.15) is 24.8 Å². The standard InChI is InChI=1S/C31H32FN5O4/c1-20(38)33-18-24-19-37(31(40)41-24)23-10-11-29(27(32)17-23)36-14-12-35(13-15-36)22-8-6-21(7-9-22)16-26-25-4-2-3-5-28(25)34-30(26)39/h2-6,8-11,16-17,24,26H,7,12-15,18-19H2,1H3,(H,33,38)(H,34,39). The molecular weight excluding hydrogens is 525 g/mol. The van der Waals surface area contributed by atoms with Crippen LogP contribution in [0.2, 0.25) is 0 Å². The smallest absolute Gasteiger partial charge is 0.414 e. The number of hydrogen-bond donors (Lipinski definition) is 2. The number of cyclic esters (lactones) is 1. The molecule has 0 saturated carbocycles. The summed E-state index contributed by atoms with van der Waals surface area (Å²) in [6, 6.07) is 12.6. The van der Waals surface area contributed by atoms with Crippen LogP contribution in [0.3, 0.4) is 0 Å². The van der Waals surface area contributed by atoms with Crippen LogP contribution in [-0.2, 0) is 14.3 Å². The Balaban J connectivity index is 1.04. The van der Waals surface area contributed by atoms with E-state index in [1.54, 1.807) is 12.1 Å². The summed E-state index contributed by atoms with van der Waals surface area (Å²) in [4.78, 5) is 41.6. The first-order valence-corrected chi connectivity index (χ1v) is 13.9. The summed E-state index contributed by atoms with van der Waals surface area (Å²) >= 11 is 0. The van der Waals surface area contributed by atoms with Gasteiger partial charge in [-0.25, -0.2) is 9.18 Å². The number of ether oxygens (including phenoxy) is 1. The first-order valence-electron chi connectivity index (χ1n) is 13.9. The first kappa shape index (κ1) is 26.6. The molecule has 3 heterocycles. The van der Waals surface area contributed by atoms with E-state index in [2.05, 4.69) is 33.8 Å². The lowest BCUT2D eigenvalue weighted by atomic mass is 9.95. The van der Waals surface area contributed by atoms with E-state index in [0.717, 1.165) is 42.0 Å². The molecule has 4 aliphatic rings. The number of amides is 3. The zero-order valence-electron chi connectivity index (χ0n) is 22.8. The van der Waals surface area contributed by atoms with Gasteiger partial charge in [-0.15, -0.1) is 0 Å². The summed E-state index contributed by atoms with van der Waals surface area (Å²) in [5, 5.41) is 5.59. The zero-order valence-corrected chi connectivity index (χ0v) is 22.8. The lowest BCUT2D eigenvalue weighted by Gasteiger charge is -2.38. The van der Waals surface area contributed by atoms with Crippen LogP contribution in [-0.4, -0.2) is 68.2 Å².